The summed E-state index contributed by atoms with van der Waals surface area (Å²) < 4.78 is 9.20. The number of para-hydroxylation sites is 1. The molecule has 0 aliphatic rings. The van der Waals surface area contributed by atoms with Crippen LogP contribution in [0.1, 0.15) is 12.5 Å². The van der Waals surface area contributed by atoms with Crippen molar-refractivity contribution in [3.63, 3.8) is 0 Å². The molecule has 0 saturated carbocycles. The van der Waals surface area contributed by atoms with E-state index in [1.807, 2.05) is 17.4 Å². The molecule has 58 heavy (non-hydrogen) atoms. The number of hydrogen-bond acceptors (Lipinski definition) is 4. The summed E-state index contributed by atoms with van der Waals surface area (Å²) in [5, 5.41) is 4.73. The maximum Gasteiger partial charge on any atom is 0.160 e. The fraction of sp³-hybridized carbons (Fsp3) is 0.0370. The Bertz CT molecular complexity index is 3290. The van der Waals surface area contributed by atoms with Crippen LogP contribution in [-0.2, 0) is 6.42 Å². The Morgan fingerprint density at radius 3 is 1.74 bits per heavy atom. The molecule has 3 heterocycles. The molecule has 0 aliphatic heterocycles. The third-order valence-corrected chi connectivity index (χ3v) is 12.5. The SMILES string of the molecule is CCc1c(-c2ccccc2)nc(-c2cc(-c3ccc4c(c3)sc3c(-c5ccccc5)cccc34)c3c(c2)oc2ccccc23)nc1-c1ccc(-c2ccccc2)cc1. The first-order valence-corrected chi connectivity index (χ1v) is 20.6. The third kappa shape index (κ3) is 5.80. The van der Waals surface area contributed by atoms with E-state index in [1.165, 1.54) is 42.4 Å². The molecule has 4 heteroatoms. The second kappa shape index (κ2) is 14.1. The van der Waals surface area contributed by atoms with Gasteiger partial charge in [-0.25, -0.2) is 9.97 Å². The van der Waals surface area contributed by atoms with Crippen molar-refractivity contribution < 1.29 is 4.42 Å². The number of rotatable bonds is 7. The lowest BCUT2D eigenvalue weighted by Crippen LogP contribution is -2.03. The fourth-order valence-corrected chi connectivity index (χ4v) is 9.77. The molecule has 0 unspecified atom stereocenters. The lowest BCUT2D eigenvalue weighted by atomic mass is 9.94. The molecule has 274 valence electrons. The average Bonchev–Trinajstić information content (AvgIpc) is 3.87. The summed E-state index contributed by atoms with van der Waals surface area (Å²) in [5.74, 6) is 0.664. The molecule has 0 atom stereocenters. The van der Waals surface area contributed by atoms with Crippen LogP contribution in [0.5, 0.6) is 0 Å². The summed E-state index contributed by atoms with van der Waals surface area (Å²) in [6, 6.07) is 66.8. The van der Waals surface area contributed by atoms with Gasteiger partial charge in [0, 0.05) is 53.2 Å². The Morgan fingerprint density at radius 2 is 1.02 bits per heavy atom. The van der Waals surface area contributed by atoms with Crippen molar-refractivity contribution in [3.8, 4) is 67.3 Å². The van der Waals surface area contributed by atoms with E-state index in [0.29, 0.717) is 5.82 Å². The van der Waals surface area contributed by atoms with Crippen LogP contribution in [-0.4, -0.2) is 9.97 Å². The van der Waals surface area contributed by atoms with Gasteiger partial charge in [0.1, 0.15) is 11.2 Å². The van der Waals surface area contributed by atoms with Crippen LogP contribution in [0.2, 0.25) is 0 Å². The zero-order valence-corrected chi connectivity index (χ0v) is 32.6. The number of thiophene rings is 1. The van der Waals surface area contributed by atoms with Crippen LogP contribution in [0.25, 0.3) is 109 Å². The van der Waals surface area contributed by atoms with Gasteiger partial charge in [-0.05, 0) is 64.1 Å². The van der Waals surface area contributed by atoms with Gasteiger partial charge in [-0.1, -0.05) is 171 Å². The Morgan fingerprint density at radius 1 is 0.431 bits per heavy atom. The topological polar surface area (TPSA) is 38.9 Å². The molecule has 11 rings (SSSR count). The van der Waals surface area contributed by atoms with Crippen molar-refractivity contribution in [1.29, 1.82) is 0 Å². The van der Waals surface area contributed by atoms with E-state index in [-0.39, 0.29) is 0 Å². The van der Waals surface area contributed by atoms with Crippen molar-refractivity contribution in [3.05, 3.63) is 194 Å². The van der Waals surface area contributed by atoms with E-state index in [0.717, 1.165) is 73.1 Å². The molecule has 3 nitrogen and oxygen atoms in total. The first-order chi connectivity index (χ1) is 28.7. The first kappa shape index (κ1) is 34.1. The molecule has 0 spiro atoms. The number of hydrogen-bond donors (Lipinski definition) is 0. The minimum Gasteiger partial charge on any atom is -0.456 e. The number of benzene rings is 8. The molecule has 3 aromatic heterocycles. The second-order valence-electron chi connectivity index (χ2n) is 14.7. The molecule has 0 saturated heterocycles. The predicted octanol–water partition coefficient (Wildman–Crippen LogP) is 15.3. The van der Waals surface area contributed by atoms with Crippen LogP contribution in [0, 0.1) is 0 Å². The Labute approximate surface area is 340 Å². The maximum atomic E-state index is 6.65. The van der Waals surface area contributed by atoms with Crippen LogP contribution < -0.4 is 0 Å². The van der Waals surface area contributed by atoms with Crippen molar-refractivity contribution >= 4 is 53.4 Å². The van der Waals surface area contributed by atoms with Crippen LogP contribution >= 0.6 is 11.3 Å². The Kier molecular flexibility index (Phi) is 8.30. The van der Waals surface area contributed by atoms with Crippen molar-refractivity contribution in [2.24, 2.45) is 0 Å². The normalized spacial score (nSPS) is 11.6. The van der Waals surface area contributed by atoms with Gasteiger partial charge in [-0.2, -0.15) is 0 Å². The minimum absolute atomic E-state index is 0.664. The lowest BCUT2D eigenvalue weighted by molar-refractivity contribution is 0.669. The van der Waals surface area contributed by atoms with Crippen molar-refractivity contribution in [1.82, 2.24) is 9.97 Å². The molecule has 0 bridgehead atoms. The Hall–Kier alpha value is -7.14. The first-order valence-electron chi connectivity index (χ1n) is 19.8. The van der Waals surface area contributed by atoms with Gasteiger partial charge >= 0.3 is 0 Å². The van der Waals surface area contributed by atoms with Crippen molar-refractivity contribution in [2.75, 3.05) is 0 Å². The maximum absolute atomic E-state index is 6.65. The molecular weight excluding hydrogens is 725 g/mol. The monoisotopic (exact) mass is 760 g/mol. The van der Waals surface area contributed by atoms with Crippen molar-refractivity contribution in [2.45, 2.75) is 13.3 Å². The smallest absolute Gasteiger partial charge is 0.160 e. The molecule has 0 aliphatic carbocycles. The molecule has 0 radical (unpaired) electrons. The minimum atomic E-state index is 0.664. The highest BCUT2D eigenvalue weighted by atomic mass is 32.1. The Balaban J connectivity index is 1.13. The van der Waals surface area contributed by atoms with Gasteiger partial charge in [0.05, 0.1) is 11.4 Å². The number of nitrogens with zero attached hydrogens (tertiary/aromatic N) is 2. The average molecular weight is 761 g/mol. The largest absolute Gasteiger partial charge is 0.456 e. The highest BCUT2D eigenvalue weighted by Crippen LogP contribution is 2.45. The highest BCUT2D eigenvalue weighted by Gasteiger charge is 2.21. The molecule has 11 aromatic rings. The fourth-order valence-electron chi connectivity index (χ4n) is 8.49. The summed E-state index contributed by atoms with van der Waals surface area (Å²) in [6.07, 6.45) is 0.787. The van der Waals surface area contributed by atoms with Crippen LogP contribution in [0.3, 0.4) is 0 Å². The summed E-state index contributed by atoms with van der Waals surface area (Å²) in [7, 11) is 0. The van der Waals surface area contributed by atoms with Crippen LogP contribution in [0.15, 0.2) is 192 Å². The van der Waals surface area contributed by atoms with E-state index < -0.39 is 0 Å². The zero-order chi connectivity index (χ0) is 38.6. The van der Waals surface area contributed by atoms with Gasteiger partial charge in [0.25, 0.3) is 0 Å². The van der Waals surface area contributed by atoms with Gasteiger partial charge in [0.15, 0.2) is 5.82 Å². The molecule has 0 N–H and O–H groups in total. The standard InChI is InChI=1S/C54H36N2OS/c1-2-41-51(37-19-10-5-11-20-37)55-54(56-52(41)38-27-25-35(26-28-38)34-15-6-3-7-16-34)40-31-46(50-45-21-12-13-24-47(45)57-48(50)32-40)39-29-30-43-44-23-14-22-42(36-17-8-4-9-18-36)53(44)58-49(43)33-39/h3-33H,2H2,1H3. The summed E-state index contributed by atoms with van der Waals surface area (Å²) in [6.45, 7) is 2.19. The number of furan rings is 1. The second-order valence-corrected chi connectivity index (χ2v) is 15.8. The van der Waals surface area contributed by atoms with Gasteiger partial charge in [-0.3, -0.25) is 0 Å². The molecule has 0 fully saturated rings. The molecule has 0 amide bonds. The van der Waals surface area contributed by atoms with Gasteiger partial charge in [0.2, 0.25) is 0 Å². The highest BCUT2D eigenvalue weighted by molar-refractivity contribution is 7.26. The molecular formula is C54H36N2OS. The summed E-state index contributed by atoms with van der Waals surface area (Å²) in [4.78, 5) is 10.8. The van der Waals surface area contributed by atoms with Crippen LogP contribution in [0.4, 0.5) is 0 Å². The lowest BCUT2D eigenvalue weighted by Gasteiger charge is -2.16. The quantitative estimate of drug-likeness (QED) is 0.162. The third-order valence-electron chi connectivity index (χ3n) is 11.3. The van der Waals surface area contributed by atoms with Gasteiger partial charge < -0.3 is 4.42 Å². The van der Waals surface area contributed by atoms with Gasteiger partial charge in [-0.15, -0.1) is 11.3 Å². The summed E-state index contributed by atoms with van der Waals surface area (Å²) >= 11 is 1.86. The van der Waals surface area contributed by atoms with E-state index >= 15 is 0 Å². The molecule has 8 aromatic carbocycles. The number of fused-ring (bicyclic) bond motifs is 6. The predicted molar refractivity (Wildman–Crippen MR) is 244 cm³/mol. The van der Waals surface area contributed by atoms with E-state index in [4.69, 9.17) is 14.4 Å². The van der Waals surface area contributed by atoms with E-state index in [2.05, 4.69) is 189 Å². The van der Waals surface area contributed by atoms with E-state index in [9.17, 15) is 0 Å². The van der Waals surface area contributed by atoms with E-state index in [1.54, 1.807) is 0 Å². The summed E-state index contributed by atoms with van der Waals surface area (Å²) in [5.41, 5.74) is 14.8. The zero-order valence-electron chi connectivity index (χ0n) is 31.8. The number of aromatic nitrogens is 2.